The van der Waals surface area contributed by atoms with Crippen LogP contribution in [0.15, 0.2) is 209 Å². The van der Waals surface area contributed by atoms with E-state index >= 15 is 0 Å². The van der Waals surface area contributed by atoms with Crippen LogP contribution in [0.25, 0.3) is 99.3 Å². The molecule has 5 heteroatoms. The van der Waals surface area contributed by atoms with Gasteiger partial charge in [0, 0.05) is 28.2 Å². The van der Waals surface area contributed by atoms with Gasteiger partial charge in [0.15, 0.2) is 11.2 Å². The van der Waals surface area contributed by atoms with Crippen molar-refractivity contribution in [3.05, 3.63) is 200 Å². The van der Waals surface area contributed by atoms with Crippen molar-refractivity contribution in [2.24, 2.45) is 0 Å². The first-order valence-electron chi connectivity index (χ1n) is 19.8. The van der Waals surface area contributed by atoms with E-state index in [0.717, 1.165) is 77.3 Å². The zero-order chi connectivity index (χ0) is 38.9. The van der Waals surface area contributed by atoms with Crippen LogP contribution >= 0.6 is 0 Å². The van der Waals surface area contributed by atoms with Gasteiger partial charge in [-0.05, 0) is 151 Å². The molecule has 2 aromatic heterocycles. The van der Waals surface area contributed by atoms with E-state index in [-0.39, 0.29) is 0 Å². The van der Waals surface area contributed by atoms with Gasteiger partial charge in [0.2, 0.25) is 11.8 Å². The summed E-state index contributed by atoms with van der Waals surface area (Å²) < 4.78 is 12.6. The Bertz CT molecular complexity index is 3300. The largest absolute Gasteiger partial charge is 0.436 e. The molecule has 0 aliphatic heterocycles. The smallest absolute Gasteiger partial charge is 0.227 e. The molecular weight excluding hydrogens is 723 g/mol. The number of hydrogen-bond acceptors (Lipinski definition) is 5. The van der Waals surface area contributed by atoms with Gasteiger partial charge >= 0.3 is 0 Å². The summed E-state index contributed by atoms with van der Waals surface area (Å²) in [5, 5.41) is 9.36. The predicted octanol–water partition coefficient (Wildman–Crippen LogP) is 15.1. The Morgan fingerprint density at radius 3 is 1.15 bits per heavy atom. The molecule has 0 fully saturated rings. The summed E-state index contributed by atoms with van der Waals surface area (Å²) >= 11 is 0. The Morgan fingerprint density at radius 1 is 0.288 bits per heavy atom. The molecule has 59 heavy (non-hydrogen) atoms. The van der Waals surface area contributed by atoms with E-state index in [1.807, 2.05) is 24.3 Å². The number of nitrogens with zero attached hydrogens (tertiary/aromatic N) is 3. The Hall–Kier alpha value is -8.02. The number of rotatable bonds is 6. The quantitative estimate of drug-likeness (QED) is 0.169. The fourth-order valence-electron chi connectivity index (χ4n) is 8.35. The van der Waals surface area contributed by atoms with Crippen LogP contribution in [0, 0.1) is 0 Å². The summed E-state index contributed by atoms with van der Waals surface area (Å²) in [4.78, 5) is 12.0. The second-order valence-corrected chi connectivity index (χ2v) is 15.1. The molecule has 0 radical (unpaired) electrons. The van der Waals surface area contributed by atoms with Crippen LogP contribution in [-0.4, -0.2) is 9.97 Å². The first kappa shape index (κ1) is 33.2. The second-order valence-electron chi connectivity index (χ2n) is 15.1. The van der Waals surface area contributed by atoms with Crippen molar-refractivity contribution in [2.45, 2.75) is 0 Å². The van der Waals surface area contributed by atoms with E-state index in [2.05, 4.69) is 181 Å². The van der Waals surface area contributed by atoms with E-state index in [1.165, 1.54) is 27.3 Å². The van der Waals surface area contributed by atoms with Gasteiger partial charge in [-0.2, -0.15) is 0 Å². The van der Waals surface area contributed by atoms with Gasteiger partial charge in [0.25, 0.3) is 0 Å². The minimum absolute atomic E-state index is 0.594. The minimum atomic E-state index is 0.594. The van der Waals surface area contributed by atoms with Gasteiger partial charge in [0.1, 0.15) is 11.0 Å². The standard InChI is InChI=1S/C54H33N3O2/c1-2-8-37-27-42(14-13-34(37)7-1)43-15-16-45-29-48(26-21-44(45)28-43)57(46-22-17-35(18-23-46)53-55-49-30-38-9-3-5-11-40(38)32-51(49)58-53)47-24-19-36(20-25-47)54-56-50-31-39-10-4-6-12-41(39)33-52(50)59-54/h1-33H. The third kappa shape index (κ3) is 5.87. The van der Waals surface area contributed by atoms with Crippen molar-refractivity contribution in [1.82, 2.24) is 9.97 Å². The molecule has 0 saturated heterocycles. The van der Waals surface area contributed by atoms with Gasteiger partial charge in [-0.15, -0.1) is 0 Å². The Morgan fingerprint density at radius 2 is 0.644 bits per heavy atom. The van der Waals surface area contributed by atoms with Crippen LogP contribution in [0.3, 0.4) is 0 Å². The highest BCUT2D eigenvalue weighted by Crippen LogP contribution is 2.39. The first-order valence-corrected chi connectivity index (χ1v) is 19.8. The molecule has 0 N–H and O–H groups in total. The number of aromatic nitrogens is 2. The lowest BCUT2D eigenvalue weighted by Crippen LogP contribution is -2.09. The highest BCUT2D eigenvalue weighted by Gasteiger charge is 2.17. The molecule has 10 aromatic carbocycles. The van der Waals surface area contributed by atoms with Crippen LogP contribution in [-0.2, 0) is 0 Å². The summed E-state index contributed by atoms with van der Waals surface area (Å²) in [6.45, 7) is 0. The van der Waals surface area contributed by atoms with Crippen LogP contribution in [0.5, 0.6) is 0 Å². The molecule has 0 unspecified atom stereocenters. The van der Waals surface area contributed by atoms with E-state index in [4.69, 9.17) is 18.8 Å². The molecule has 12 aromatic rings. The lowest BCUT2D eigenvalue weighted by Gasteiger charge is -2.26. The highest BCUT2D eigenvalue weighted by atomic mass is 16.4. The Kier molecular flexibility index (Phi) is 7.47. The summed E-state index contributed by atoms with van der Waals surface area (Å²) in [6, 6.07) is 70.3. The van der Waals surface area contributed by atoms with Crippen molar-refractivity contribution in [3.8, 4) is 34.0 Å². The van der Waals surface area contributed by atoms with E-state index in [1.54, 1.807) is 0 Å². The molecule has 12 rings (SSSR count). The van der Waals surface area contributed by atoms with Crippen molar-refractivity contribution < 1.29 is 8.83 Å². The van der Waals surface area contributed by atoms with E-state index < -0.39 is 0 Å². The summed E-state index contributed by atoms with van der Waals surface area (Å²) in [5.74, 6) is 1.19. The van der Waals surface area contributed by atoms with Gasteiger partial charge in [-0.3, -0.25) is 0 Å². The van der Waals surface area contributed by atoms with Crippen molar-refractivity contribution >= 4 is 82.4 Å². The average molecular weight is 756 g/mol. The SMILES string of the molecule is c1ccc2cc(-c3ccc4cc(N(c5ccc(-c6nc7cc8ccccc8cc7o6)cc5)c5ccc(-c6nc7cc8ccccc8cc7o6)cc5)ccc4c3)ccc2c1. The number of oxazole rings is 2. The Labute approximate surface area is 339 Å². The van der Waals surface area contributed by atoms with Crippen molar-refractivity contribution in [2.75, 3.05) is 4.90 Å². The van der Waals surface area contributed by atoms with Crippen LogP contribution in [0.2, 0.25) is 0 Å². The zero-order valence-corrected chi connectivity index (χ0v) is 31.7. The molecule has 2 heterocycles. The van der Waals surface area contributed by atoms with Crippen LogP contribution < -0.4 is 4.90 Å². The molecule has 0 aliphatic rings. The highest BCUT2D eigenvalue weighted by molar-refractivity contribution is 5.97. The van der Waals surface area contributed by atoms with Crippen LogP contribution in [0.4, 0.5) is 17.1 Å². The molecule has 0 aliphatic carbocycles. The van der Waals surface area contributed by atoms with Crippen molar-refractivity contribution in [3.63, 3.8) is 0 Å². The average Bonchev–Trinajstić information content (AvgIpc) is 3.91. The second kappa shape index (κ2) is 13.3. The summed E-state index contributed by atoms with van der Waals surface area (Å²) in [6.07, 6.45) is 0. The van der Waals surface area contributed by atoms with Gasteiger partial charge < -0.3 is 13.7 Å². The molecule has 0 spiro atoms. The maximum Gasteiger partial charge on any atom is 0.227 e. The van der Waals surface area contributed by atoms with Crippen LogP contribution in [0.1, 0.15) is 0 Å². The first-order chi connectivity index (χ1) is 29.1. The third-order valence-electron chi connectivity index (χ3n) is 11.4. The maximum absolute atomic E-state index is 6.30. The third-order valence-corrected chi connectivity index (χ3v) is 11.4. The number of anilines is 3. The fraction of sp³-hybridized carbons (Fsp3) is 0. The lowest BCUT2D eigenvalue weighted by atomic mass is 9.98. The molecule has 0 atom stereocenters. The summed E-state index contributed by atoms with van der Waals surface area (Å²) in [5.41, 5.74) is 10.5. The van der Waals surface area contributed by atoms with E-state index in [0.29, 0.717) is 11.8 Å². The van der Waals surface area contributed by atoms with Crippen molar-refractivity contribution in [1.29, 1.82) is 0 Å². The molecule has 0 saturated carbocycles. The Balaban J connectivity index is 0.923. The molecular formula is C54H33N3O2. The predicted molar refractivity (Wildman–Crippen MR) is 243 cm³/mol. The molecule has 276 valence electrons. The zero-order valence-electron chi connectivity index (χ0n) is 31.7. The van der Waals surface area contributed by atoms with Gasteiger partial charge in [-0.1, -0.05) is 103 Å². The normalized spacial score (nSPS) is 11.7. The summed E-state index contributed by atoms with van der Waals surface area (Å²) in [7, 11) is 0. The van der Waals surface area contributed by atoms with E-state index in [9.17, 15) is 0 Å². The maximum atomic E-state index is 6.30. The van der Waals surface area contributed by atoms with Gasteiger partial charge in [-0.25, -0.2) is 9.97 Å². The lowest BCUT2D eigenvalue weighted by molar-refractivity contribution is 0.620. The molecule has 5 nitrogen and oxygen atoms in total. The monoisotopic (exact) mass is 755 g/mol. The number of hydrogen-bond donors (Lipinski definition) is 0. The molecule has 0 amide bonds. The number of fused-ring (bicyclic) bond motifs is 6. The molecule has 0 bridgehead atoms. The van der Waals surface area contributed by atoms with Gasteiger partial charge in [0.05, 0.1) is 0 Å². The topological polar surface area (TPSA) is 55.3 Å². The minimum Gasteiger partial charge on any atom is -0.436 e. The fourth-order valence-corrected chi connectivity index (χ4v) is 8.35. The number of benzene rings is 10.